The molecule has 0 saturated heterocycles. The topological polar surface area (TPSA) is 73.9 Å². The molecular weight excluding hydrogens is 222 g/mol. The van der Waals surface area contributed by atoms with E-state index in [1.54, 1.807) is 20.3 Å². The molecule has 0 bridgehead atoms. The molecule has 0 aliphatic carbocycles. The Labute approximate surface area is 101 Å². The van der Waals surface area contributed by atoms with Crippen LogP contribution < -0.4 is 15.2 Å². The Kier molecular flexibility index (Phi) is 5.76. The van der Waals surface area contributed by atoms with Crippen LogP contribution in [-0.2, 0) is 11.3 Å². The summed E-state index contributed by atoms with van der Waals surface area (Å²) >= 11 is 0. The number of ether oxygens (including phenoxy) is 3. The highest BCUT2D eigenvalue weighted by Crippen LogP contribution is 2.25. The molecule has 0 amide bonds. The SMILES string of the molecule is COc1ccc(COCC(O)CN)c(OC)c1. The normalized spacial score (nSPS) is 12.2. The summed E-state index contributed by atoms with van der Waals surface area (Å²) in [6.07, 6.45) is -0.626. The summed E-state index contributed by atoms with van der Waals surface area (Å²) in [5.41, 5.74) is 6.17. The summed E-state index contributed by atoms with van der Waals surface area (Å²) in [5, 5.41) is 9.24. The van der Waals surface area contributed by atoms with Gasteiger partial charge in [-0.1, -0.05) is 0 Å². The van der Waals surface area contributed by atoms with Crippen molar-refractivity contribution in [2.75, 3.05) is 27.4 Å². The first-order valence-electron chi connectivity index (χ1n) is 5.38. The molecule has 0 aliphatic rings. The van der Waals surface area contributed by atoms with E-state index in [1.807, 2.05) is 12.1 Å². The quantitative estimate of drug-likeness (QED) is 0.729. The fourth-order valence-corrected chi connectivity index (χ4v) is 1.34. The summed E-state index contributed by atoms with van der Waals surface area (Å²) < 4.78 is 15.7. The smallest absolute Gasteiger partial charge is 0.128 e. The van der Waals surface area contributed by atoms with Crippen LogP contribution in [0.15, 0.2) is 18.2 Å². The minimum Gasteiger partial charge on any atom is -0.497 e. The second-order valence-electron chi connectivity index (χ2n) is 3.58. The summed E-state index contributed by atoms with van der Waals surface area (Å²) in [4.78, 5) is 0. The zero-order valence-electron chi connectivity index (χ0n) is 10.2. The average Bonchev–Trinajstić information content (AvgIpc) is 2.38. The van der Waals surface area contributed by atoms with E-state index in [-0.39, 0.29) is 13.2 Å². The van der Waals surface area contributed by atoms with Crippen LogP contribution in [0.4, 0.5) is 0 Å². The van der Waals surface area contributed by atoms with Gasteiger partial charge in [0, 0.05) is 18.2 Å². The summed E-state index contributed by atoms with van der Waals surface area (Å²) in [7, 11) is 3.19. The van der Waals surface area contributed by atoms with E-state index in [1.165, 1.54) is 0 Å². The lowest BCUT2D eigenvalue weighted by Gasteiger charge is -2.12. The third kappa shape index (κ3) is 4.22. The molecule has 1 aromatic rings. The molecule has 0 spiro atoms. The van der Waals surface area contributed by atoms with E-state index < -0.39 is 6.10 Å². The van der Waals surface area contributed by atoms with Crippen molar-refractivity contribution in [2.45, 2.75) is 12.7 Å². The Morgan fingerprint density at radius 1 is 1.29 bits per heavy atom. The van der Waals surface area contributed by atoms with Gasteiger partial charge in [0.05, 0.1) is 33.5 Å². The van der Waals surface area contributed by atoms with E-state index in [0.29, 0.717) is 12.4 Å². The molecule has 0 radical (unpaired) electrons. The highest BCUT2D eigenvalue weighted by atomic mass is 16.5. The molecule has 3 N–H and O–H groups in total. The number of methoxy groups -OCH3 is 2. The Hall–Kier alpha value is -1.30. The molecule has 0 fully saturated rings. The Balaban J connectivity index is 2.58. The molecule has 1 atom stereocenters. The van der Waals surface area contributed by atoms with E-state index in [4.69, 9.17) is 19.9 Å². The van der Waals surface area contributed by atoms with Crippen molar-refractivity contribution in [3.05, 3.63) is 23.8 Å². The molecule has 17 heavy (non-hydrogen) atoms. The van der Waals surface area contributed by atoms with E-state index >= 15 is 0 Å². The second-order valence-corrected chi connectivity index (χ2v) is 3.58. The maximum atomic E-state index is 9.24. The van der Waals surface area contributed by atoms with Crippen molar-refractivity contribution in [1.29, 1.82) is 0 Å². The fraction of sp³-hybridized carbons (Fsp3) is 0.500. The van der Waals surface area contributed by atoms with Gasteiger partial charge < -0.3 is 25.1 Å². The number of hydrogen-bond donors (Lipinski definition) is 2. The van der Waals surface area contributed by atoms with Crippen molar-refractivity contribution in [1.82, 2.24) is 0 Å². The zero-order chi connectivity index (χ0) is 12.7. The van der Waals surface area contributed by atoms with Gasteiger partial charge in [-0.3, -0.25) is 0 Å². The molecule has 5 heteroatoms. The standard InChI is InChI=1S/C12H19NO4/c1-15-11-4-3-9(12(5-11)16-2)7-17-8-10(14)6-13/h3-5,10,14H,6-8,13H2,1-2H3. The molecule has 5 nitrogen and oxygen atoms in total. The number of aliphatic hydroxyl groups is 1. The minimum atomic E-state index is -0.626. The van der Waals surface area contributed by atoms with Gasteiger partial charge >= 0.3 is 0 Å². The predicted octanol–water partition coefficient (Wildman–Crippen LogP) is 0.540. The molecular formula is C12H19NO4. The van der Waals surface area contributed by atoms with Crippen molar-refractivity contribution in [3.63, 3.8) is 0 Å². The van der Waals surface area contributed by atoms with Crippen LogP contribution in [0.25, 0.3) is 0 Å². The van der Waals surface area contributed by atoms with Gasteiger partial charge in [-0.15, -0.1) is 0 Å². The highest BCUT2D eigenvalue weighted by molar-refractivity contribution is 5.40. The van der Waals surface area contributed by atoms with Gasteiger partial charge in [0.1, 0.15) is 11.5 Å². The van der Waals surface area contributed by atoms with Crippen LogP contribution in [0.3, 0.4) is 0 Å². The number of nitrogens with two attached hydrogens (primary N) is 1. The molecule has 1 unspecified atom stereocenters. The number of hydrogen-bond acceptors (Lipinski definition) is 5. The third-order valence-corrected chi connectivity index (χ3v) is 2.33. The van der Waals surface area contributed by atoms with Gasteiger partial charge in [-0.25, -0.2) is 0 Å². The molecule has 96 valence electrons. The molecule has 0 aliphatic heterocycles. The number of rotatable bonds is 7. The lowest BCUT2D eigenvalue weighted by atomic mass is 10.2. The lowest BCUT2D eigenvalue weighted by molar-refractivity contribution is 0.0322. The first kappa shape index (κ1) is 13.8. The molecule has 1 rings (SSSR count). The first-order chi connectivity index (χ1) is 8.21. The minimum absolute atomic E-state index is 0.194. The van der Waals surface area contributed by atoms with Crippen LogP contribution in [0, 0.1) is 0 Å². The number of aliphatic hydroxyl groups excluding tert-OH is 1. The van der Waals surface area contributed by atoms with Crippen molar-refractivity contribution in [2.24, 2.45) is 5.73 Å². The Morgan fingerprint density at radius 2 is 2.06 bits per heavy atom. The maximum Gasteiger partial charge on any atom is 0.128 e. The molecule has 0 aromatic heterocycles. The Bertz CT molecular complexity index is 343. The molecule has 1 aromatic carbocycles. The largest absolute Gasteiger partial charge is 0.497 e. The van der Waals surface area contributed by atoms with Crippen LogP contribution in [-0.4, -0.2) is 38.6 Å². The summed E-state index contributed by atoms with van der Waals surface area (Å²) in [5.74, 6) is 1.43. The predicted molar refractivity (Wildman–Crippen MR) is 64.3 cm³/mol. The monoisotopic (exact) mass is 241 g/mol. The van der Waals surface area contributed by atoms with Gasteiger partial charge in [0.15, 0.2) is 0 Å². The van der Waals surface area contributed by atoms with Crippen LogP contribution in [0.1, 0.15) is 5.56 Å². The van der Waals surface area contributed by atoms with Crippen LogP contribution in [0.2, 0.25) is 0 Å². The van der Waals surface area contributed by atoms with E-state index in [9.17, 15) is 5.11 Å². The zero-order valence-corrected chi connectivity index (χ0v) is 10.2. The average molecular weight is 241 g/mol. The van der Waals surface area contributed by atoms with E-state index in [0.717, 1.165) is 11.3 Å². The van der Waals surface area contributed by atoms with Crippen molar-refractivity contribution in [3.8, 4) is 11.5 Å². The highest BCUT2D eigenvalue weighted by Gasteiger charge is 2.06. The molecule has 0 heterocycles. The first-order valence-corrected chi connectivity index (χ1v) is 5.38. The van der Waals surface area contributed by atoms with Gasteiger partial charge in [-0.05, 0) is 12.1 Å². The summed E-state index contributed by atoms with van der Waals surface area (Å²) in [6, 6.07) is 5.49. The van der Waals surface area contributed by atoms with Crippen molar-refractivity contribution >= 4 is 0 Å². The second kappa shape index (κ2) is 7.11. The lowest BCUT2D eigenvalue weighted by Crippen LogP contribution is -2.25. The molecule has 0 saturated carbocycles. The number of benzene rings is 1. The van der Waals surface area contributed by atoms with Gasteiger partial charge in [0.2, 0.25) is 0 Å². The fourth-order valence-electron chi connectivity index (χ4n) is 1.34. The van der Waals surface area contributed by atoms with Crippen LogP contribution in [0.5, 0.6) is 11.5 Å². The van der Waals surface area contributed by atoms with Crippen molar-refractivity contribution < 1.29 is 19.3 Å². The Morgan fingerprint density at radius 3 is 2.65 bits per heavy atom. The van der Waals surface area contributed by atoms with Gasteiger partial charge in [-0.2, -0.15) is 0 Å². The third-order valence-electron chi connectivity index (χ3n) is 2.33. The maximum absolute atomic E-state index is 9.24. The van der Waals surface area contributed by atoms with E-state index in [2.05, 4.69) is 0 Å². The van der Waals surface area contributed by atoms with Crippen LogP contribution >= 0.6 is 0 Å². The van der Waals surface area contributed by atoms with Gasteiger partial charge in [0.25, 0.3) is 0 Å². The summed E-state index contributed by atoms with van der Waals surface area (Å²) in [6.45, 7) is 0.773.